The molecule has 0 spiro atoms. The number of anilines is 2. The Bertz CT molecular complexity index is 1940. The summed E-state index contributed by atoms with van der Waals surface area (Å²) in [6.45, 7) is 14.7. The van der Waals surface area contributed by atoms with Crippen molar-refractivity contribution in [2.45, 2.75) is 71.5 Å². The van der Waals surface area contributed by atoms with Crippen molar-refractivity contribution in [3.63, 3.8) is 0 Å². The monoisotopic (exact) mass is 684 g/mol. The second-order valence-electron chi connectivity index (χ2n) is 14.1. The molecule has 0 unspecified atom stereocenters. The molecule has 1 fully saturated rings. The van der Waals surface area contributed by atoms with Crippen molar-refractivity contribution in [1.29, 1.82) is 0 Å². The average molecular weight is 685 g/mol. The van der Waals surface area contributed by atoms with E-state index in [9.17, 15) is 13.2 Å². The number of fused-ring (bicyclic) bond motifs is 4. The van der Waals surface area contributed by atoms with E-state index in [1.54, 1.807) is 23.1 Å². The minimum absolute atomic E-state index is 0.0742. The fourth-order valence-electron chi connectivity index (χ4n) is 6.50. The third kappa shape index (κ3) is 7.86. The van der Waals surface area contributed by atoms with Crippen molar-refractivity contribution in [1.82, 2.24) is 19.9 Å². The molecule has 0 radical (unpaired) electrons. The zero-order valence-electron chi connectivity index (χ0n) is 28.9. The van der Waals surface area contributed by atoms with Gasteiger partial charge in [-0.15, -0.1) is 0 Å². The molecule has 2 aliphatic rings. The van der Waals surface area contributed by atoms with Gasteiger partial charge in [-0.2, -0.15) is 4.98 Å². The van der Waals surface area contributed by atoms with Gasteiger partial charge in [0.05, 0.1) is 48.1 Å². The molecule has 1 N–H and O–H groups in total. The van der Waals surface area contributed by atoms with Gasteiger partial charge in [-0.25, -0.2) is 23.1 Å². The number of sulfonamides is 1. The Morgan fingerprint density at radius 2 is 1.67 bits per heavy atom. The van der Waals surface area contributed by atoms with Crippen LogP contribution in [0.5, 0.6) is 5.88 Å². The summed E-state index contributed by atoms with van der Waals surface area (Å²) in [5.74, 6) is 0.579. The van der Waals surface area contributed by atoms with Crippen LogP contribution >= 0.6 is 0 Å². The highest BCUT2D eigenvalue weighted by Gasteiger charge is 2.32. The minimum atomic E-state index is -4.17. The van der Waals surface area contributed by atoms with Gasteiger partial charge in [-0.05, 0) is 74.1 Å². The molecule has 4 bridgehead atoms. The summed E-state index contributed by atoms with van der Waals surface area (Å²) in [7, 11) is -4.17. The van der Waals surface area contributed by atoms with E-state index in [0.29, 0.717) is 31.0 Å². The van der Waals surface area contributed by atoms with Crippen molar-refractivity contribution in [3.8, 4) is 17.1 Å². The van der Waals surface area contributed by atoms with Crippen LogP contribution in [0.15, 0.2) is 71.6 Å². The van der Waals surface area contributed by atoms with Crippen LogP contribution in [0.2, 0.25) is 0 Å². The second kappa shape index (κ2) is 13.8. The maximum absolute atomic E-state index is 14.5. The predicted octanol–water partition coefficient (Wildman–Crippen LogP) is 6.02. The van der Waals surface area contributed by atoms with E-state index in [-0.39, 0.29) is 52.8 Å². The van der Waals surface area contributed by atoms with Crippen LogP contribution in [0.3, 0.4) is 0 Å². The van der Waals surface area contributed by atoms with Crippen molar-refractivity contribution >= 4 is 27.7 Å². The van der Waals surface area contributed by atoms with E-state index in [1.165, 1.54) is 12.1 Å². The minimum Gasteiger partial charge on any atom is -0.475 e. The molecule has 1 amide bonds. The molecule has 2 aliphatic heterocycles. The van der Waals surface area contributed by atoms with Crippen LogP contribution in [0.25, 0.3) is 11.3 Å². The van der Waals surface area contributed by atoms with E-state index in [2.05, 4.69) is 47.3 Å². The summed E-state index contributed by atoms with van der Waals surface area (Å²) in [5.41, 5.74) is 4.11. The number of aromatic nitrogens is 3. The number of aryl methyl sites for hydroxylation is 2. The number of pyridine rings is 1. The topological polar surface area (TPSA) is 127 Å². The normalized spacial score (nSPS) is 19.6. The number of ether oxygens (including phenoxy) is 2. The average Bonchev–Trinajstić information content (AvgIpc) is 3.05. The lowest BCUT2D eigenvalue weighted by atomic mass is 9.87. The number of rotatable bonds is 5. The number of carbonyl (C=O) groups is 1. The number of benzene rings is 2. The first-order valence-electron chi connectivity index (χ1n) is 16.6. The van der Waals surface area contributed by atoms with E-state index in [1.807, 2.05) is 50.2 Å². The summed E-state index contributed by atoms with van der Waals surface area (Å²) in [6, 6.07) is 19.3. The highest BCUT2D eigenvalue weighted by molar-refractivity contribution is 7.92. The molecular weight excluding hydrogens is 641 g/mol. The Hall–Kier alpha value is -4.55. The zero-order chi connectivity index (χ0) is 34.9. The lowest BCUT2D eigenvalue weighted by Crippen LogP contribution is -2.46. The van der Waals surface area contributed by atoms with Gasteiger partial charge in [-0.1, -0.05) is 51.1 Å². The van der Waals surface area contributed by atoms with Crippen LogP contribution in [0.4, 0.5) is 11.8 Å². The van der Waals surface area contributed by atoms with Crippen LogP contribution in [0, 0.1) is 19.3 Å². The SMILES string of the molecule is Cc1cccc(C)c1-c1cc2nc(n1)NS(=O)(=O)c1cccc(c1)C(=O)N(Cc1cccc(N3CCOC[C@@H]3C)n1)[C@H](CC(C)(C)C)CO2. The molecule has 2 aromatic heterocycles. The van der Waals surface area contributed by atoms with Crippen molar-refractivity contribution < 1.29 is 22.7 Å². The van der Waals surface area contributed by atoms with Crippen LogP contribution in [-0.4, -0.2) is 72.6 Å². The zero-order valence-corrected chi connectivity index (χ0v) is 29.8. The van der Waals surface area contributed by atoms with Gasteiger partial charge in [0.15, 0.2) is 0 Å². The van der Waals surface area contributed by atoms with Gasteiger partial charge in [-0.3, -0.25) is 4.79 Å². The number of carbonyl (C=O) groups excluding carboxylic acids is 1. The first-order chi connectivity index (χ1) is 23.3. The van der Waals surface area contributed by atoms with E-state index >= 15 is 0 Å². The van der Waals surface area contributed by atoms with Gasteiger partial charge in [0.2, 0.25) is 11.8 Å². The standard InChI is InChI=1S/C37H44N6O5S/c1-24-10-7-11-25(2)34(24)31-19-33-40-36(39-31)41-49(45,46)30-14-8-12-27(18-30)35(44)43(29(23-48-33)20-37(4,5)6)21-28-13-9-15-32(38-28)42-16-17-47-22-26(42)3/h7-15,18-19,26,29H,16-17,20-23H2,1-6H3,(H,39,40,41)/t26-,29+/m0/s1. The third-order valence-corrected chi connectivity index (χ3v) is 10.1. The molecule has 1 saturated heterocycles. The molecule has 49 heavy (non-hydrogen) atoms. The van der Waals surface area contributed by atoms with Crippen LogP contribution in [-0.2, 0) is 21.3 Å². The molecule has 11 nitrogen and oxygen atoms in total. The van der Waals surface area contributed by atoms with Gasteiger partial charge in [0.25, 0.3) is 15.9 Å². The quantitative estimate of drug-likeness (QED) is 0.269. The number of nitrogens with one attached hydrogen (secondary N) is 1. The molecule has 12 heteroatoms. The van der Waals surface area contributed by atoms with Crippen LogP contribution < -0.4 is 14.4 Å². The molecular formula is C37H44N6O5S. The fourth-order valence-corrected chi connectivity index (χ4v) is 7.49. The molecule has 2 aromatic carbocycles. The fraction of sp³-hybridized carbons (Fsp3) is 0.405. The van der Waals surface area contributed by atoms with Gasteiger partial charge < -0.3 is 19.3 Å². The largest absolute Gasteiger partial charge is 0.475 e. The molecule has 4 heterocycles. The Morgan fingerprint density at radius 3 is 2.41 bits per heavy atom. The van der Waals surface area contributed by atoms with E-state index in [4.69, 9.17) is 14.5 Å². The van der Waals surface area contributed by atoms with Crippen molar-refractivity contribution in [3.05, 3.63) is 89.1 Å². The molecule has 258 valence electrons. The first kappa shape index (κ1) is 34.3. The lowest BCUT2D eigenvalue weighted by Gasteiger charge is -2.36. The van der Waals surface area contributed by atoms with Gasteiger partial charge >= 0.3 is 0 Å². The third-order valence-electron chi connectivity index (χ3n) is 8.82. The van der Waals surface area contributed by atoms with Crippen molar-refractivity contribution in [2.24, 2.45) is 5.41 Å². The summed E-state index contributed by atoms with van der Waals surface area (Å²) >= 11 is 0. The van der Waals surface area contributed by atoms with Gasteiger partial charge in [0, 0.05) is 23.7 Å². The van der Waals surface area contributed by atoms with E-state index < -0.39 is 16.1 Å². The Balaban J connectivity index is 1.46. The van der Waals surface area contributed by atoms with Crippen LogP contribution in [0.1, 0.15) is 61.3 Å². The summed E-state index contributed by atoms with van der Waals surface area (Å²) < 4.78 is 42.0. The number of hydrogen-bond acceptors (Lipinski definition) is 9. The number of morpholine rings is 1. The number of nitrogens with zero attached hydrogens (tertiary/aromatic N) is 5. The molecule has 2 atom stereocenters. The highest BCUT2D eigenvalue weighted by Crippen LogP contribution is 2.32. The second-order valence-corrected chi connectivity index (χ2v) is 15.8. The van der Waals surface area contributed by atoms with E-state index in [0.717, 1.165) is 29.1 Å². The molecule has 4 aromatic rings. The summed E-state index contributed by atoms with van der Waals surface area (Å²) in [5, 5.41) is 0. The highest BCUT2D eigenvalue weighted by atomic mass is 32.2. The number of hydrogen-bond donors (Lipinski definition) is 1. The molecule has 0 aliphatic carbocycles. The molecule has 0 saturated carbocycles. The smallest absolute Gasteiger partial charge is 0.264 e. The van der Waals surface area contributed by atoms with Gasteiger partial charge in [0.1, 0.15) is 12.4 Å². The number of amides is 1. The maximum Gasteiger partial charge on any atom is 0.264 e. The Morgan fingerprint density at radius 1 is 0.939 bits per heavy atom. The first-order valence-corrected chi connectivity index (χ1v) is 18.1. The Labute approximate surface area is 288 Å². The molecule has 6 rings (SSSR count). The van der Waals surface area contributed by atoms with Crippen molar-refractivity contribution in [2.75, 3.05) is 36.0 Å². The summed E-state index contributed by atoms with van der Waals surface area (Å²) in [6.07, 6.45) is 0.594. The Kier molecular flexibility index (Phi) is 9.63. The maximum atomic E-state index is 14.5. The predicted molar refractivity (Wildman–Crippen MR) is 189 cm³/mol. The lowest BCUT2D eigenvalue weighted by molar-refractivity contribution is 0.0509. The summed E-state index contributed by atoms with van der Waals surface area (Å²) in [4.78, 5) is 32.5.